The minimum absolute atomic E-state index is 0.190. The topological polar surface area (TPSA) is 97.4 Å². The highest BCUT2D eigenvalue weighted by atomic mass is 19.4. The van der Waals surface area contributed by atoms with Crippen molar-refractivity contribution in [2.45, 2.75) is 19.5 Å². The van der Waals surface area contributed by atoms with Gasteiger partial charge >= 0.3 is 6.18 Å². The van der Waals surface area contributed by atoms with Gasteiger partial charge in [-0.05, 0) is 25.1 Å². The lowest BCUT2D eigenvalue weighted by atomic mass is 10.1. The van der Waals surface area contributed by atoms with E-state index in [9.17, 15) is 13.2 Å². The number of aryl methyl sites for hydroxylation is 1. The molecule has 7 nitrogen and oxygen atoms in total. The summed E-state index contributed by atoms with van der Waals surface area (Å²) in [6, 6.07) is 7.08. The zero-order valence-electron chi connectivity index (χ0n) is 15.4. The van der Waals surface area contributed by atoms with Crippen LogP contribution in [0.15, 0.2) is 35.3 Å². The number of hydrogen-bond donors (Lipinski definition) is 3. The third kappa shape index (κ3) is 4.81. The Balaban J connectivity index is 1.56. The molecule has 1 aliphatic heterocycles. The fourth-order valence-corrected chi connectivity index (χ4v) is 3.04. The average Bonchev–Trinajstić information content (AvgIpc) is 3.05. The van der Waals surface area contributed by atoms with E-state index in [0.29, 0.717) is 43.5 Å². The van der Waals surface area contributed by atoms with Crippen LogP contribution in [0.25, 0.3) is 0 Å². The number of piperazine rings is 1. The quantitative estimate of drug-likeness (QED) is 0.550. The van der Waals surface area contributed by atoms with Crippen LogP contribution < -0.4 is 10.6 Å². The summed E-state index contributed by atoms with van der Waals surface area (Å²) >= 11 is 0. The molecule has 1 saturated heterocycles. The zero-order chi connectivity index (χ0) is 20.3. The number of aromatic amines is 1. The van der Waals surface area contributed by atoms with Crippen molar-refractivity contribution in [3.63, 3.8) is 0 Å². The van der Waals surface area contributed by atoms with Gasteiger partial charge in [-0.1, -0.05) is 6.07 Å². The molecule has 150 valence electrons. The number of aliphatic imine (C=N–C) groups is 1. The van der Waals surface area contributed by atoms with E-state index in [1.54, 1.807) is 12.1 Å². The summed E-state index contributed by atoms with van der Waals surface area (Å²) < 4.78 is 38.7. The van der Waals surface area contributed by atoms with E-state index in [4.69, 9.17) is 11.1 Å². The van der Waals surface area contributed by atoms with E-state index in [-0.39, 0.29) is 12.3 Å². The number of halogens is 3. The number of anilines is 1. The third-order valence-electron chi connectivity index (χ3n) is 4.50. The van der Waals surface area contributed by atoms with Crippen LogP contribution >= 0.6 is 0 Å². The Kier molecular flexibility index (Phi) is 5.57. The first kappa shape index (κ1) is 19.7. The lowest BCUT2D eigenvalue weighted by Gasteiger charge is -2.37. The van der Waals surface area contributed by atoms with E-state index in [1.807, 2.05) is 16.7 Å². The van der Waals surface area contributed by atoms with Crippen LogP contribution in [-0.4, -0.2) is 52.9 Å². The van der Waals surface area contributed by atoms with Crippen molar-refractivity contribution < 1.29 is 13.2 Å². The van der Waals surface area contributed by atoms with Crippen molar-refractivity contribution in [2.75, 3.05) is 31.1 Å². The number of rotatable bonds is 4. The van der Waals surface area contributed by atoms with Crippen molar-refractivity contribution in [3.05, 3.63) is 41.6 Å². The van der Waals surface area contributed by atoms with Crippen molar-refractivity contribution in [2.24, 2.45) is 10.7 Å². The molecule has 0 aliphatic carbocycles. The fourth-order valence-electron chi connectivity index (χ4n) is 3.04. The number of nitrogens with one attached hydrogen (secondary N) is 2. The Hall–Kier alpha value is -3.04. The predicted molar refractivity (Wildman–Crippen MR) is 102 cm³/mol. The van der Waals surface area contributed by atoms with Crippen LogP contribution in [0.4, 0.5) is 24.7 Å². The maximum atomic E-state index is 12.9. The molecule has 0 bridgehead atoms. The van der Waals surface area contributed by atoms with Crippen LogP contribution in [0.1, 0.15) is 17.7 Å². The number of benzene rings is 1. The van der Waals surface area contributed by atoms with Gasteiger partial charge in [0, 0.05) is 43.6 Å². The number of nitrogens with zero attached hydrogens (tertiary/aromatic N) is 4. The molecule has 2 heterocycles. The summed E-state index contributed by atoms with van der Waals surface area (Å²) in [6.45, 7) is 3.97. The molecular formula is C18H22F3N7. The molecular weight excluding hydrogens is 371 g/mol. The van der Waals surface area contributed by atoms with Crippen LogP contribution in [-0.2, 0) is 6.18 Å². The van der Waals surface area contributed by atoms with Gasteiger partial charge < -0.3 is 15.5 Å². The molecule has 0 saturated carbocycles. The highest BCUT2D eigenvalue weighted by molar-refractivity contribution is 6.01. The first-order chi connectivity index (χ1) is 13.2. The Morgan fingerprint density at radius 2 is 1.96 bits per heavy atom. The van der Waals surface area contributed by atoms with E-state index in [1.165, 1.54) is 6.07 Å². The molecule has 10 heteroatoms. The Labute approximate surface area is 160 Å². The molecule has 3 rings (SSSR count). The number of aromatic nitrogens is 2. The molecule has 0 radical (unpaired) electrons. The van der Waals surface area contributed by atoms with Crippen LogP contribution in [0.2, 0.25) is 0 Å². The molecule has 0 atom stereocenters. The smallest absolute Gasteiger partial charge is 0.387 e. The highest BCUT2D eigenvalue weighted by Crippen LogP contribution is 2.31. The minimum Gasteiger partial charge on any atom is -0.387 e. The predicted octanol–water partition coefficient (Wildman–Crippen LogP) is 2.92. The first-order valence-corrected chi connectivity index (χ1v) is 8.82. The lowest BCUT2D eigenvalue weighted by Crippen LogP contribution is -2.49. The summed E-state index contributed by atoms with van der Waals surface area (Å²) in [5.74, 6) is 1.09. The summed E-state index contributed by atoms with van der Waals surface area (Å²) in [5, 5.41) is 15.0. The molecule has 0 unspecified atom stereocenters. The van der Waals surface area contributed by atoms with Gasteiger partial charge in [-0.3, -0.25) is 10.5 Å². The summed E-state index contributed by atoms with van der Waals surface area (Å²) in [4.78, 5) is 7.93. The number of amidine groups is 2. The molecule has 28 heavy (non-hydrogen) atoms. The van der Waals surface area contributed by atoms with Gasteiger partial charge in [0.25, 0.3) is 0 Å². The number of alkyl halides is 3. The zero-order valence-corrected chi connectivity index (χ0v) is 15.4. The standard InChI is InChI=1S/C18H22F3N7/c1-12-9-17(26-25-12)24-15(22)11-16(23)28-7-5-27(6-8-28)14-4-2-3-13(10-14)18(19,20)21/h2-4,9-10,23H,5-8,11H2,1H3,(H3,22,24,25,26). The highest BCUT2D eigenvalue weighted by Gasteiger charge is 2.31. The Morgan fingerprint density at radius 3 is 2.57 bits per heavy atom. The molecule has 0 spiro atoms. The second-order valence-corrected chi connectivity index (χ2v) is 6.66. The van der Waals surface area contributed by atoms with Gasteiger partial charge in [0.15, 0.2) is 5.82 Å². The average molecular weight is 393 g/mol. The molecule has 1 aromatic carbocycles. The lowest BCUT2D eigenvalue weighted by molar-refractivity contribution is -0.137. The first-order valence-electron chi connectivity index (χ1n) is 8.82. The SMILES string of the molecule is Cc1cc(N=C(N)CC(=N)N2CCN(c3cccc(C(F)(F)F)c3)CC2)n[nH]1. The summed E-state index contributed by atoms with van der Waals surface area (Å²) in [5.41, 5.74) is 6.66. The van der Waals surface area contributed by atoms with Gasteiger partial charge in [-0.2, -0.15) is 18.3 Å². The molecule has 1 fully saturated rings. The molecule has 1 aliphatic rings. The summed E-state index contributed by atoms with van der Waals surface area (Å²) in [6.07, 6.45) is -4.17. The number of nitrogens with two attached hydrogens (primary N) is 1. The molecule has 2 aromatic rings. The minimum atomic E-state index is -4.36. The van der Waals surface area contributed by atoms with Crippen molar-refractivity contribution >= 4 is 23.2 Å². The molecule has 4 N–H and O–H groups in total. The van der Waals surface area contributed by atoms with Crippen LogP contribution in [0.3, 0.4) is 0 Å². The molecule has 1 aromatic heterocycles. The van der Waals surface area contributed by atoms with Gasteiger partial charge in [-0.25, -0.2) is 4.99 Å². The maximum Gasteiger partial charge on any atom is 0.416 e. The van der Waals surface area contributed by atoms with Gasteiger partial charge in [0.1, 0.15) is 11.7 Å². The second kappa shape index (κ2) is 7.91. The second-order valence-electron chi connectivity index (χ2n) is 6.66. The van der Waals surface area contributed by atoms with Crippen LogP contribution in [0.5, 0.6) is 0 Å². The Bertz CT molecular complexity index is 864. The van der Waals surface area contributed by atoms with Gasteiger partial charge in [-0.15, -0.1) is 0 Å². The monoisotopic (exact) mass is 393 g/mol. The van der Waals surface area contributed by atoms with E-state index >= 15 is 0 Å². The van der Waals surface area contributed by atoms with Gasteiger partial charge in [0.05, 0.1) is 12.0 Å². The maximum absolute atomic E-state index is 12.9. The third-order valence-corrected chi connectivity index (χ3v) is 4.50. The van der Waals surface area contributed by atoms with Crippen molar-refractivity contribution in [1.82, 2.24) is 15.1 Å². The fraction of sp³-hybridized carbons (Fsp3) is 0.389. The van der Waals surface area contributed by atoms with E-state index < -0.39 is 11.7 Å². The van der Waals surface area contributed by atoms with Crippen molar-refractivity contribution in [1.29, 1.82) is 5.41 Å². The summed E-state index contributed by atoms with van der Waals surface area (Å²) in [7, 11) is 0. The number of hydrogen-bond acceptors (Lipinski definition) is 4. The van der Waals surface area contributed by atoms with Crippen LogP contribution in [0, 0.1) is 12.3 Å². The van der Waals surface area contributed by atoms with E-state index in [2.05, 4.69) is 15.2 Å². The number of H-pyrrole nitrogens is 1. The Morgan fingerprint density at radius 1 is 1.25 bits per heavy atom. The van der Waals surface area contributed by atoms with Crippen molar-refractivity contribution in [3.8, 4) is 0 Å². The van der Waals surface area contributed by atoms with E-state index in [0.717, 1.165) is 17.8 Å². The normalized spacial score (nSPS) is 15.8. The molecule has 0 amide bonds. The van der Waals surface area contributed by atoms with Gasteiger partial charge in [0.2, 0.25) is 0 Å². The largest absolute Gasteiger partial charge is 0.416 e.